The molecule has 2 rings (SSSR count). The van der Waals surface area contributed by atoms with Gasteiger partial charge in [-0.15, -0.1) is 0 Å². The number of hydrogen-bond donors (Lipinski definition) is 2. The Morgan fingerprint density at radius 3 is 2.30 bits per heavy atom. The Hall–Kier alpha value is -2.21. The monoisotopic (exact) mass is 335 g/mol. The van der Waals surface area contributed by atoms with Crippen molar-refractivity contribution >= 4 is 28.7 Å². The van der Waals surface area contributed by atoms with Crippen molar-refractivity contribution in [1.82, 2.24) is 5.32 Å². The quantitative estimate of drug-likeness (QED) is 0.815. The number of nitrogens with zero attached hydrogens (tertiary/aromatic N) is 1. The van der Waals surface area contributed by atoms with Gasteiger partial charge in [-0.2, -0.15) is 0 Å². The molecule has 3 nitrogen and oxygen atoms in total. The van der Waals surface area contributed by atoms with Crippen LogP contribution in [-0.2, 0) is 0 Å². The van der Waals surface area contributed by atoms with E-state index in [0.717, 1.165) is 5.69 Å². The highest BCUT2D eigenvalue weighted by Crippen LogP contribution is 2.17. The van der Waals surface area contributed by atoms with Crippen LogP contribution >= 0.6 is 12.2 Å². The lowest BCUT2D eigenvalue weighted by atomic mass is 10.2. The topological polar surface area (TPSA) is 27.3 Å². The van der Waals surface area contributed by atoms with E-state index in [1.165, 1.54) is 23.8 Å². The van der Waals surface area contributed by atoms with Crippen LogP contribution in [0.15, 0.2) is 42.5 Å². The molecule has 2 aromatic rings. The lowest BCUT2D eigenvalue weighted by molar-refractivity contribution is 0.591. The molecule has 0 amide bonds. The van der Waals surface area contributed by atoms with Crippen LogP contribution < -0.4 is 15.5 Å². The number of hydrogen-bond acceptors (Lipinski definition) is 2. The molecule has 122 valence electrons. The highest BCUT2D eigenvalue weighted by Gasteiger charge is 2.09. The van der Waals surface area contributed by atoms with Crippen molar-refractivity contribution < 1.29 is 8.78 Å². The minimum absolute atomic E-state index is 0.186. The van der Waals surface area contributed by atoms with Gasteiger partial charge in [0.15, 0.2) is 5.11 Å². The number of rotatable bonds is 5. The minimum Gasteiger partial charge on any atom is -0.373 e. The van der Waals surface area contributed by atoms with E-state index < -0.39 is 11.6 Å². The van der Waals surface area contributed by atoms with Gasteiger partial charge in [0.1, 0.15) is 17.3 Å². The molecule has 0 aromatic heterocycles. The Balaban J connectivity index is 1.82. The van der Waals surface area contributed by atoms with E-state index in [9.17, 15) is 8.78 Å². The highest BCUT2D eigenvalue weighted by molar-refractivity contribution is 7.80. The van der Waals surface area contributed by atoms with Crippen LogP contribution in [0.3, 0.4) is 0 Å². The Morgan fingerprint density at radius 2 is 1.70 bits per heavy atom. The third-order valence-electron chi connectivity index (χ3n) is 3.41. The van der Waals surface area contributed by atoms with Gasteiger partial charge in [-0.3, -0.25) is 0 Å². The van der Waals surface area contributed by atoms with Crippen LogP contribution in [0.4, 0.5) is 20.2 Å². The molecule has 2 aromatic carbocycles. The molecule has 0 unspecified atom stereocenters. The maximum atomic E-state index is 13.5. The first kappa shape index (κ1) is 17.1. The third kappa shape index (κ3) is 4.89. The van der Waals surface area contributed by atoms with E-state index in [1.807, 2.05) is 38.2 Å². The second-order valence-electron chi connectivity index (χ2n) is 5.23. The molecule has 2 N–H and O–H groups in total. The average Bonchev–Trinajstić information content (AvgIpc) is 2.51. The summed E-state index contributed by atoms with van der Waals surface area (Å²) in [6.07, 6.45) is 0. The van der Waals surface area contributed by atoms with Crippen LogP contribution in [0.2, 0.25) is 0 Å². The summed E-state index contributed by atoms with van der Waals surface area (Å²) in [5, 5.41) is 5.68. The molecule has 0 aliphatic rings. The number of thiocarbonyl (C=S) groups is 1. The van der Waals surface area contributed by atoms with Crippen molar-refractivity contribution in [3.05, 3.63) is 59.7 Å². The summed E-state index contributed by atoms with van der Waals surface area (Å²) in [6, 6.07) is 11.8. The predicted octanol–water partition coefficient (Wildman–Crippen LogP) is 3.70. The first-order chi connectivity index (χ1) is 11.0. The van der Waals surface area contributed by atoms with Gasteiger partial charge < -0.3 is 15.5 Å². The molecule has 0 fully saturated rings. The Labute approximate surface area is 140 Å². The number of anilines is 2. The van der Waals surface area contributed by atoms with E-state index in [2.05, 4.69) is 15.5 Å². The van der Waals surface area contributed by atoms with Gasteiger partial charge in [0, 0.05) is 25.8 Å². The van der Waals surface area contributed by atoms with Crippen molar-refractivity contribution in [3.8, 4) is 0 Å². The fraction of sp³-hybridized carbons (Fsp3) is 0.235. The normalized spacial score (nSPS) is 10.3. The van der Waals surface area contributed by atoms with Crippen molar-refractivity contribution in [1.29, 1.82) is 0 Å². The Morgan fingerprint density at radius 1 is 1.09 bits per heavy atom. The van der Waals surface area contributed by atoms with E-state index in [1.54, 1.807) is 0 Å². The van der Waals surface area contributed by atoms with Gasteiger partial charge in [0.2, 0.25) is 0 Å². The average molecular weight is 335 g/mol. The second-order valence-corrected chi connectivity index (χ2v) is 5.64. The summed E-state index contributed by atoms with van der Waals surface area (Å²) in [7, 11) is 1.97. The van der Waals surface area contributed by atoms with Crippen LogP contribution in [0.25, 0.3) is 0 Å². The second kappa shape index (κ2) is 7.87. The van der Waals surface area contributed by atoms with Crippen LogP contribution in [0.1, 0.15) is 5.56 Å². The summed E-state index contributed by atoms with van der Waals surface area (Å²) in [5.41, 5.74) is 2.06. The predicted molar refractivity (Wildman–Crippen MR) is 95.0 cm³/mol. The van der Waals surface area contributed by atoms with Crippen LogP contribution in [0.5, 0.6) is 0 Å². The minimum atomic E-state index is -0.675. The maximum Gasteiger partial charge on any atom is 0.170 e. The van der Waals surface area contributed by atoms with Gasteiger partial charge in [-0.1, -0.05) is 23.8 Å². The molecular formula is C17H19F2N3S. The summed E-state index contributed by atoms with van der Waals surface area (Å²) in [5.74, 6) is -1.35. The molecule has 0 saturated carbocycles. The number of nitrogens with one attached hydrogen (secondary N) is 2. The molecule has 0 radical (unpaired) electrons. The van der Waals surface area contributed by atoms with E-state index >= 15 is 0 Å². The zero-order valence-electron chi connectivity index (χ0n) is 13.1. The summed E-state index contributed by atoms with van der Waals surface area (Å²) in [4.78, 5) is 2.07. The first-order valence-electron chi connectivity index (χ1n) is 7.24. The SMILES string of the molecule is Cc1ccc(N(C)CCNC(=S)Nc2c(F)cccc2F)cc1. The molecule has 0 aliphatic heterocycles. The highest BCUT2D eigenvalue weighted by atomic mass is 32.1. The van der Waals surface area contributed by atoms with Gasteiger partial charge in [-0.05, 0) is 43.4 Å². The van der Waals surface area contributed by atoms with Crippen molar-refractivity contribution in [3.63, 3.8) is 0 Å². The molecule has 0 bridgehead atoms. The van der Waals surface area contributed by atoms with Crippen molar-refractivity contribution in [2.24, 2.45) is 0 Å². The molecule has 6 heteroatoms. The van der Waals surface area contributed by atoms with E-state index in [0.29, 0.717) is 13.1 Å². The summed E-state index contributed by atoms with van der Waals surface area (Å²) in [6.45, 7) is 3.29. The largest absolute Gasteiger partial charge is 0.373 e. The fourth-order valence-electron chi connectivity index (χ4n) is 2.04. The van der Waals surface area contributed by atoms with Crippen molar-refractivity contribution in [2.45, 2.75) is 6.92 Å². The molecule has 0 atom stereocenters. The number of likely N-dealkylation sites (N-methyl/N-ethyl adjacent to an activating group) is 1. The standard InChI is InChI=1S/C17H19F2N3S/c1-12-6-8-13(9-7-12)22(2)11-10-20-17(23)21-16-14(18)4-3-5-15(16)19/h3-9H,10-11H2,1-2H3,(H2,20,21,23). The zero-order chi connectivity index (χ0) is 16.8. The lowest BCUT2D eigenvalue weighted by Gasteiger charge is -2.20. The number of para-hydroxylation sites is 1. The third-order valence-corrected chi connectivity index (χ3v) is 3.66. The molecule has 0 aliphatic carbocycles. The molecule has 0 spiro atoms. The maximum absolute atomic E-state index is 13.5. The van der Waals surface area contributed by atoms with Gasteiger partial charge in [-0.25, -0.2) is 8.78 Å². The smallest absolute Gasteiger partial charge is 0.170 e. The van der Waals surface area contributed by atoms with Crippen LogP contribution in [-0.4, -0.2) is 25.2 Å². The molecular weight excluding hydrogens is 316 g/mol. The molecule has 0 heterocycles. The number of benzene rings is 2. The number of aryl methyl sites for hydroxylation is 1. The van der Waals surface area contributed by atoms with Crippen LogP contribution in [0, 0.1) is 18.6 Å². The lowest BCUT2D eigenvalue weighted by Crippen LogP contribution is -2.35. The fourth-order valence-corrected chi connectivity index (χ4v) is 2.24. The number of halogens is 2. The summed E-state index contributed by atoms with van der Waals surface area (Å²) < 4.78 is 27.0. The molecule has 0 saturated heterocycles. The van der Waals surface area contributed by atoms with E-state index in [-0.39, 0.29) is 10.8 Å². The zero-order valence-corrected chi connectivity index (χ0v) is 13.9. The van der Waals surface area contributed by atoms with E-state index in [4.69, 9.17) is 12.2 Å². The Bertz CT molecular complexity index is 654. The first-order valence-corrected chi connectivity index (χ1v) is 7.65. The van der Waals surface area contributed by atoms with Gasteiger partial charge >= 0.3 is 0 Å². The van der Waals surface area contributed by atoms with Gasteiger partial charge in [0.25, 0.3) is 0 Å². The van der Waals surface area contributed by atoms with Gasteiger partial charge in [0.05, 0.1) is 0 Å². The van der Waals surface area contributed by atoms with Crippen molar-refractivity contribution in [2.75, 3.05) is 30.4 Å². The summed E-state index contributed by atoms with van der Waals surface area (Å²) >= 11 is 5.07. The Kier molecular flexibility index (Phi) is 5.87. The molecule has 23 heavy (non-hydrogen) atoms.